The molecule has 4 rings (SSSR count). The van der Waals surface area contributed by atoms with Crippen LogP contribution in [-0.4, -0.2) is 52.6 Å². The van der Waals surface area contributed by atoms with Crippen LogP contribution in [0.15, 0.2) is 47.6 Å². The number of rotatable bonds is 6. The Balaban J connectivity index is 1.63. The van der Waals surface area contributed by atoms with Gasteiger partial charge in [0.2, 0.25) is 5.95 Å². The van der Waals surface area contributed by atoms with Crippen LogP contribution in [0.5, 0.6) is 0 Å². The highest BCUT2D eigenvalue weighted by Crippen LogP contribution is 2.29. The summed E-state index contributed by atoms with van der Waals surface area (Å²) in [5.41, 5.74) is 5.10. The fourth-order valence-corrected chi connectivity index (χ4v) is 4.51. The third-order valence-electron chi connectivity index (χ3n) is 5.28. The average molecular weight is 423 g/mol. The summed E-state index contributed by atoms with van der Waals surface area (Å²) in [6.07, 6.45) is 0. The highest BCUT2D eigenvalue weighted by molar-refractivity contribution is 7.99. The van der Waals surface area contributed by atoms with Crippen molar-refractivity contribution in [3.8, 4) is 5.69 Å². The Bertz CT molecular complexity index is 1060. The van der Waals surface area contributed by atoms with Gasteiger partial charge >= 0.3 is 0 Å². The number of carbonyl (C=O) groups excluding carboxylic acids is 1. The molecule has 0 bridgehead atoms. The average Bonchev–Trinajstić information content (AvgIpc) is 3.16. The Morgan fingerprint density at radius 2 is 1.80 bits per heavy atom. The number of ether oxygens (including phenoxy) is 1. The van der Waals surface area contributed by atoms with Gasteiger partial charge in [-0.25, -0.2) is 0 Å². The zero-order valence-electron chi connectivity index (χ0n) is 17.6. The smallest absolute Gasteiger partial charge is 0.232 e. The highest BCUT2D eigenvalue weighted by Gasteiger charge is 2.23. The Morgan fingerprint density at radius 1 is 1.03 bits per heavy atom. The molecule has 1 aromatic heterocycles. The Labute approximate surface area is 181 Å². The van der Waals surface area contributed by atoms with Crippen LogP contribution in [0.4, 0.5) is 5.95 Å². The third kappa shape index (κ3) is 4.27. The molecule has 3 aromatic rings. The van der Waals surface area contributed by atoms with E-state index in [0.29, 0.717) is 19.0 Å². The molecule has 30 heavy (non-hydrogen) atoms. The molecular formula is C23H26N4O2S. The van der Waals surface area contributed by atoms with E-state index in [0.717, 1.165) is 52.1 Å². The molecule has 1 saturated heterocycles. The van der Waals surface area contributed by atoms with Crippen LogP contribution in [0.25, 0.3) is 5.69 Å². The number of benzene rings is 2. The van der Waals surface area contributed by atoms with Crippen molar-refractivity contribution in [1.29, 1.82) is 0 Å². The van der Waals surface area contributed by atoms with Crippen molar-refractivity contribution < 1.29 is 9.53 Å². The number of hydrogen-bond acceptors (Lipinski definition) is 6. The number of morpholine rings is 1. The summed E-state index contributed by atoms with van der Waals surface area (Å²) in [4.78, 5) is 15.1. The molecule has 6 nitrogen and oxygen atoms in total. The maximum absolute atomic E-state index is 12.9. The van der Waals surface area contributed by atoms with Crippen LogP contribution < -0.4 is 4.90 Å². The van der Waals surface area contributed by atoms with Gasteiger partial charge in [0.05, 0.1) is 24.7 Å². The van der Waals surface area contributed by atoms with Gasteiger partial charge in [-0.15, -0.1) is 10.2 Å². The first-order chi connectivity index (χ1) is 14.5. The van der Waals surface area contributed by atoms with Crippen molar-refractivity contribution in [2.24, 2.45) is 0 Å². The van der Waals surface area contributed by atoms with E-state index in [1.807, 2.05) is 44.2 Å². The van der Waals surface area contributed by atoms with Gasteiger partial charge in [0, 0.05) is 18.7 Å². The van der Waals surface area contributed by atoms with Gasteiger partial charge in [-0.3, -0.25) is 9.36 Å². The molecular weight excluding hydrogens is 396 g/mol. The summed E-state index contributed by atoms with van der Waals surface area (Å²) in [7, 11) is 0. The highest BCUT2D eigenvalue weighted by atomic mass is 32.2. The fraction of sp³-hybridized carbons (Fsp3) is 0.348. The van der Waals surface area contributed by atoms with Gasteiger partial charge < -0.3 is 9.64 Å². The normalized spacial score (nSPS) is 14.2. The SMILES string of the molecule is Cc1ccc(C(=O)CSc2nnc(N3CCOCC3)n2-c2ccccc2C)c(C)c1. The number of thioether (sulfide) groups is 1. The Kier molecular flexibility index (Phi) is 6.20. The van der Waals surface area contributed by atoms with E-state index >= 15 is 0 Å². The topological polar surface area (TPSA) is 60.3 Å². The maximum Gasteiger partial charge on any atom is 0.232 e. The molecule has 7 heteroatoms. The second kappa shape index (κ2) is 9.02. The number of aromatic nitrogens is 3. The predicted molar refractivity (Wildman–Crippen MR) is 120 cm³/mol. The number of ketones is 1. The van der Waals surface area contributed by atoms with Gasteiger partial charge in [0.25, 0.3) is 0 Å². The van der Waals surface area contributed by atoms with Crippen molar-refractivity contribution in [2.45, 2.75) is 25.9 Å². The van der Waals surface area contributed by atoms with Gasteiger partial charge in [-0.05, 0) is 38.0 Å². The van der Waals surface area contributed by atoms with Crippen LogP contribution in [0, 0.1) is 20.8 Å². The van der Waals surface area contributed by atoms with Crippen LogP contribution in [0.2, 0.25) is 0 Å². The van der Waals surface area contributed by atoms with Gasteiger partial charge in [0.15, 0.2) is 10.9 Å². The second-order valence-electron chi connectivity index (χ2n) is 7.53. The number of Topliss-reactive ketones (excluding diaryl/α,β-unsaturated/α-hetero) is 1. The molecule has 0 unspecified atom stereocenters. The number of aryl methyl sites for hydroxylation is 3. The minimum atomic E-state index is 0.102. The Hall–Kier alpha value is -2.64. The third-order valence-corrected chi connectivity index (χ3v) is 6.21. The molecule has 2 heterocycles. The van der Waals surface area contributed by atoms with Gasteiger partial charge in [-0.1, -0.05) is 53.7 Å². The van der Waals surface area contributed by atoms with Crippen molar-refractivity contribution in [1.82, 2.24) is 14.8 Å². The molecule has 0 radical (unpaired) electrons. The Morgan fingerprint density at radius 3 is 2.53 bits per heavy atom. The monoisotopic (exact) mass is 422 g/mol. The van der Waals surface area contributed by atoms with E-state index in [2.05, 4.69) is 38.7 Å². The minimum absolute atomic E-state index is 0.102. The summed E-state index contributed by atoms with van der Waals surface area (Å²) >= 11 is 1.43. The van der Waals surface area contributed by atoms with Crippen molar-refractivity contribution >= 4 is 23.5 Å². The van der Waals surface area contributed by atoms with E-state index in [9.17, 15) is 4.79 Å². The van der Waals surface area contributed by atoms with Crippen molar-refractivity contribution in [3.63, 3.8) is 0 Å². The fourth-order valence-electron chi connectivity index (χ4n) is 3.68. The summed E-state index contributed by atoms with van der Waals surface area (Å²) in [6.45, 7) is 8.99. The number of hydrogen-bond donors (Lipinski definition) is 0. The summed E-state index contributed by atoms with van der Waals surface area (Å²) < 4.78 is 7.57. The molecule has 0 atom stereocenters. The summed E-state index contributed by atoms with van der Waals surface area (Å²) in [6, 6.07) is 14.1. The predicted octanol–water partition coefficient (Wildman–Crippen LogP) is 4.00. The molecule has 0 saturated carbocycles. The standard InChI is InChI=1S/C23H26N4O2S/c1-16-8-9-19(18(3)14-16)21(28)15-30-23-25-24-22(26-10-12-29-13-11-26)27(23)20-7-5-4-6-17(20)2/h4-9,14H,10-13,15H2,1-3H3. The number of carbonyl (C=O) groups is 1. The molecule has 0 spiro atoms. The van der Waals surface area contributed by atoms with Crippen LogP contribution in [0.1, 0.15) is 27.0 Å². The maximum atomic E-state index is 12.9. The van der Waals surface area contributed by atoms with Crippen LogP contribution in [-0.2, 0) is 4.74 Å². The first-order valence-electron chi connectivity index (χ1n) is 10.1. The lowest BCUT2D eigenvalue weighted by Gasteiger charge is -2.28. The molecule has 0 aliphatic carbocycles. The van der Waals surface area contributed by atoms with E-state index in [-0.39, 0.29) is 5.78 Å². The first kappa shape index (κ1) is 20.6. The minimum Gasteiger partial charge on any atom is -0.378 e. The molecule has 1 aliphatic rings. The van der Waals surface area contributed by atoms with Gasteiger partial charge in [-0.2, -0.15) is 0 Å². The van der Waals surface area contributed by atoms with Gasteiger partial charge in [0.1, 0.15) is 0 Å². The largest absolute Gasteiger partial charge is 0.378 e. The number of anilines is 1. The van der Waals surface area contributed by atoms with Crippen LogP contribution >= 0.6 is 11.8 Å². The van der Waals surface area contributed by atoms with Crippen molar-refractivity contribution in [3.05, 3.63) is 64.7 Å². The zero-order valence-corrected chi connectivity index (χ0v) is 18.4. The molecule has 0 amide bonds. The van der Waals surface area contributed by atoms with Crippen molar-refractivity contribution in [2.75, 3.05) is 37.0 Å². The second-order valence-corrected chi connectivity index (χ2v) is 8.48. The van der Waals surface area contributed by atoms with E-state index in [1.165, 1.54) is 11.8 Å². The van der Waals surface area contributed by atoms with E-state index < -0.39 is 0 Å². The summed E-state index contributed by atoms with van der Waals surface area (Å²) in [5, 5.41) is 9.67. The van der Waals surface area contributed by atoms with Crippen LogP contribution in [0.3, 0.4) is 0 Å². The summed E-state index contributed by atoms with van der Waals surface area (Å²) in [5.74, 6) is 1.22. The lowest BCUT2D eigenvalue weighted by atomic mass is 10.0. The molecule has 1 fully saturated rings. The van der Waals surface area contributed by atoms with E-state index in [4.69, 9.17) is 4.74 Å². The molecule has 2 aromatic carbocycles. The zero-order chi connectivity index (χ0) is 21.1. The van der Waals surface area contributed by atoms with E-state index in [1.54, 1.807) is 0 Å². The molecule has 0 N–H and O–H groups in total. The molecule has 1 aliphatic heterocycles. The molecule has 156 valence electrons. The lowest BCUT2D eigenvalue weighted by Crippen LogP contribution is -2.38. The lowest BCUT2D eigenvalue weighted by molar-refractivity contribution is 0.102. The first-order valence-corrected chi connectivity index (χ1v) is 11.1. The quantitative estimate of drug-likeness (QED) is 0.442. The number of nitrogens with zero attached hydrogens (tertiary/aromatic N) is 4. The number of para-hydroxylation sites is 1.